The topological polar surface area (TPSA) is 25.2 Å². The Labute approximate surface area is 176 Å². The summed E-state index contributed by atoms with van der Waals surface area (Å²) in [6, 6.07) is 13.1. The van der Waals surface area contributed by atoms with Crippen molar-refractivity contribution in [2.24, 2.45) is 5.92 Å². The molecular weight excluding hydrogens is 376 g/mol. The number of thiophene rings is 1. The van der Waals surface area contributed by atoms with Crippen molar-refractivity contribution in [1.82, 2.24) is 9.47 Å². The number of fused-ring (bicyclic) bond motifs is 5. The van der Waals surface area contributed by atoms with Crippen LogP contribution >= 0.6 is 11.3 Å². The Morgan fingerprint density at radius 2 is 1.93 bits per heavy atom. The number of carbonyl (C=O) groups is 1. The molecule has 6 rings (SSSR count). The van der Waals surface area contributed by atoms with Gasteiger partial charge in [-0.15, -0.1) is 11.3 Å². The molecule has 4 heteroatoms. The summed E-state index contributed by atoms with van der Waals surface area (Å²) < 4.78 is 2.38. The maximum absolute atomic E-state index is 13.5. The van der Waals surface area contributed by atoms with Crippen LogP contribution in [-0.2, 0) is 24.2 Å². The molecule has 1 fully saturated rings. The first-order valence-electron chi connectivity index (χ1n) is 10.9. The van der Waals surface area contributed by atoms with Gasteiger partial charge in [-0.3, -0.25) is 4.79 Å². The number of aromatic nitrogens is 1. The van der Waals surface area contributed by atoms with E-state index in [4.69, 9.17) is 0 Å². The van der Waals surface area contributed by atoms with Gasteiger partial charge in [-0.05, 0) is 68.7 Å². The van der Waals surface area contributed by atoms with Gasteiger partial charge in [0.05, 0.1) is 11.7 Å². The Bertz CT molecular complexity index is 1100. The number of carbonyl (C=O) groups excluding carboxylic acids is 1. The molecule has 0 bridgehead atoms. The maximum Gasteiger partial charge on any atom is 0.226 e. The van der Waals surface area contributed by atoms with Crippen LogP contribution in [0.4, 0.5) is 0 Å². The van der Waals surface area contributed by atoms with Crippen molar-refractivity contribution in [2.75, 3.05) is 0 Å². The van der Waals surface area contributed by atoms with Gasteiger partial charge in [-0.1, -0.05) is 29.8 Å². The standard InChI is InChI=1S/C25H26N2OS/c1-16-6-4-7-18(14-16)23-21-9-5-13-26(21)25-20(15-27(23)24(28)17-11-12-17)19-8-2-3-10-22(19)29-25/h4-7,9,13-14,17,23H,2-3,8,10-12,15H2,1H3/t23-/m1/s1. The average Bonchev–Trinajstić information content (AvgIpc) is 3.40. The van der Waals surface area contributed by atoms with Crippen LogP contribution in [-0.4, -0.2) is 15.4 Å². The van der Waals surface area contributed by atoms with Gasteiger partial charge < -0.3 is 9.47 Å². The molecule has 0 saturated heterocycles. The van der Waals surface area contributed by atoms with E-state index in [2.05, 4.69) is 59.0 Å². The molecule has 148 valence electrons. The highest BCUT2D eigenvalue weighted by Gasteiger charge is 2.41. The molecule has 3 aromatic rings. The third-order valence-electron chi connectivity index (χ3n) is 6.75. The van der Waals surface area contributed by atoms with Gasteiger partial charge >= 0.3 is 0 Å². The minimum atomic E-state index is -0.0168. The largest absolute Gasteiger partial charge is 0.325 e. The predicted molar refractivity (Wildman–Crippen MR) is 117 cm³/mol. The highest BCUT2D eigenvalue weighted by molar-refractivity contribution is 7.15. The SMILES string of the molecule is Cc1cccc([C@@H]2c3cccn3-c3sc4c(c3CN2C(=O)C2CC2)CCCC4)c1. The van der Waals surface area contributed by atoms with E-state index in [1.807, 2.05) is 11.3 Å². The van der Waals surface area contributed by atoms with Gasteiger partial charge in [-0.2, -0.15) is 0 Å². The van der Waals surface area contributed by atoms with Crippen molar-refractivity contribution in [3.63, 3.8) is 0 Å². The van der Waals surface area contributed by atoms with E-state index in [9.17, 15) is 4.79 Å². The van der Waals surface area contributed by atoms with Crippen molar-refractivity contribution < 1.29 is 4.79 Å². The lowest BCUT2D eigenvalue weighted by molar-refractivity contribution is -0.135. The van der Waals surface area contributed by atoms with Gasteiger partial charge in [0, 0.05) is 29.1 Å². The van der Waals surface area contributed by atoms with E-state index in [0.29, 0.717) is 5.91 Å². The third kappa shape index (κ3) is 2.80. The first-order chi connectivity index (χ1) is 14.2. The van der Waals surface area contributed by atoms with Gasteiger partial charge in [0.15, 0.2) is 0 Å². The van der Waals surface area contributed by atoms with Crippen molar-refractivity contribution in [2.45, 2.75) is 58.0 Å². The molecule has 0 unspecified atom stereocenters. The average molecular weight is 403 g/mol. The van der Waals surface area contributed by atoms with E-state index < -0.39 is 0 Å². The van der Waals surface area contributed by atoms with Gasteiger partial charge in [0.2, 0.25) is 5.91 Å². The van der Waals surface area contributed by atoms with Gasteiger partial charge in [0.25, 0.3) is 0 Å². The molecule has 1 amide bonds. The van der Waals surface area contributed by atoms with Crippen molar-refractivity contribution in [1.29, 1.82) is 0 Å². The fraction of sp³-hybridized carbons (Fsp3) is 0.400. The van der Waals surface area contributed by atoms with E-state index in [1.165, 1.54) is 58.6 Å². The van der Waals surface area contributed by atoms with Crippen LogP contribution in [0.3, 0.4) is 0 Å². The van der Waals surface area contributed by atoms with E-state index in [1.54, 1.807) is 4.88 Å². The lowest BCUT2D eigenvalue weighted by Gasteiger charge is -2.31. The number of benzene rings is 1. The Morgan fingerprint density at radius 3 is 2.76 bits per heavy atom. The van der Waals surface area contributed by atoms with Crippen LogP contribution in [0.25, 0.3) is 5.00 Å². The lowest BCUT2D eigenvalue weighted by Crippen LogP contribution is -2.36. The normalized spacial score (nSPS) is 20.6. The van der Waals surface area contributed by atoms with Crippen LogP contribution in [0, 0.1) is 12.8 Å². The second-order valence-corrected chi connectivity index (χ2v) is 9.94. The molecular formula is C25H26N2OS. The molecule has 1 aliphatic heterocycles. The summed E-state index contributed by atoms with van der Waals surface area (Å²) in [5.74, 6) is 0.564. The Kier molecular flexibility index (Phi) is 3.98. The van der Waals surface area contributed by atoms with Crippen LogP contribution in [0.2, 0.25) is 0 Å². The van der Waals surface area contributed by atoms with Crippen molar-refractivity contribution in [3.8, 4) is 5.00 Å². The quantitative estimate of drug-likeness (QED) is 0.550. The maximum atomic E-state index is 13.5. The minimum Gasteiger partial charge on any atom is -0.325 e. The summed E-state index contributed by atoms with van der Waals surface area (Å²) in [7, 11) is 0. The van der Waals surface area contributed by atoms with E-state index >= 15 is 0 Å². The second kappa shape index (κ2) is 6.60. The summed E-state index contributed by atoms with van der Waals surface area (Å²) >= 11 is 1.96. The Morgan fingerprint density at radius 1 is 1.07 bits per heavy atom. The number of amides is 1. The zero-order valence-electron chi connectivity index (χ0n) is 16.9. The molecule has 0 radical (unpaired) electrons. The zero-order chi connectivity index (χ0) is 19.5. The molecule has 29 heavy (non-hydrogen) atoms. The number of rotatable bonds is 2. The number of aryl methyl sites for hydroxylation is 2. The summed E-state index contributed by atoms with van der Waals surface area (Å²) in [5.41, 5.74) is 6.64. The predicted octanol–water partition coefficient (Wildman–Crippen LogP) is 5.57. The minimum absolute atomic E-state index is 0.0168. The molecule has 2 aromatic heterocycles. The molecule has 0 N–H and O–H groups in total. The third-order valence-corrected chi connectivity index (χ3v) is 8.08. The van der Waals surface area contributed by atoms with Crippen LogP contribution < -0.4 is 0 Å². The first-order valence-corrected chi connectivity index (χ1v) is 11.7. The number of hydrogen-bond donors (Lipinski definition) is 0. The summed E-state index contributed by atoms with van der Waals surface area (Å²) in [6.45, 7) is 2.89. The lowest BCUT2D eigenvalue weighted by atomic mass is 9.94. The molecule has 1 atom stereocenters. The monoisotopic (exact) mass is 402 g/mol. The Balaban J connectivity index is 1.57. The second-order valence-electron chi connectivity index (χ2n) is 8.85. The van der Waals surface area contributed by atoms with E-state index in [-0.39, 0.29) is 12.0 Å². The summed E-state index contributed by atoms with van der Waals surface area (Å²) in [6.07, 6.45) is 9.22. The van der Waals surface area contributed by atoms with E-state index in [0.717, 1.165) is 19.4 Å². The Hall–Kier alpha value is -2.33. The van der Waals surface area contributed by atoms with Crippen molar-refractivity contribution >= 4 is 17.2 Å². The van der Waals surface area contributed by atoms with Gasteiger partial charge in [-0.25, -0.2) is 0 Å². The molecule has 3 heterocycles. The molecule has 1 aromatic carbocycles. The molecule has 0 spiro atoms. The molecule has 3 nitrogen and oxygen atoms in total. The molecule has 2 aliphatic carbocycles. The van der Waals surface area contributed by atoms with Gasteiger partial charge in [0.1, 0.15) is 5.00 Å². The first kappa shape index (κ1) is 17.5. The fourth-order valence-corrected chi connectivity index (χ4v) is 6.56. The van der Waals surface area contributed by atoms with Crippen LogP contribution in [0.15, 0.2) is 42.6 Å². The number of nitrogens with zero attached hydrogens (tertiary/aromatic N) is 2. The van der Waals surface area contributed by atoms with Crippen LogP contribution in [0.1, 0.15) is 64.6 Å². The molecule has 3 aliphatic rings. The van der Waals surface area contributed by atoms with Crippen molar-refractivity contribution in [3.05, 3.63) is 75.4 Å². The zero-order valence-corrected chi connectivity index (χ0v) is 17.7. The summed E-state index contributed by atoms with van der Waals surface area (Å²) in [5, 5.41) is 1.35. The smallest absolute Gasteiger partial charge is 0.226 e. The number of hydrogen-bond acceptors (Lipinski definition) is 2. The van der Waals surface area contributed by atoms with Crippen LogP contribution in [0.5, 0.6) is 0 Å². The highest BCUT2D eigenvalue weighted by atomic mass is 32.1. The summed E-state index contributed by atoms with van der Waals surface area (Å²) in [4.78, 5) is 17.3. The highest BCUT2D eigenvalue weighted by Crippen LogP contribution is 2.45. The fourth-order valence-electron chi connectivity index (χ4n) is 5.16. The molecule has 1 saturated carbocycles.